The van der Waals surface area contributed by atoms with Crippen molar-refractivity contribution < 1.29 is 4.92 Å². The van der Waals surface area contributed by atoms with Crippen LogP contribution in [-0.2, 0) is 0 Å². The summed E-state index contributed by atoms with van der Waals surface area (Å²) in [7, 11) is 0. The van der Waals surface area contributed by atoms with E-state index in [1.807, 2.05) is 16.5 Å². The number of fused-ring (bicyclic) bond motifs is 12. The molecule has 14 rings (SSSR count). The average molecular weight is 1470 g/mol. The second-order valence-electron chi connectivity index (χ2n) is 33.1. The third-order valence-corrected chi connectivity index (χ3v) is 25.1. The van der Waals surface area contributed by atoms with Crippen molar-refractivity contribution in [2.24, 2.45) is 5.92 Å². The van der Waals surface area contributed by atoms with Gasteiger partial charge in [-0.3, -0.25) is 28.5 Å². The maximum absolute atomic E-state index is 15.3. The summed E-state index contributed by atoms with van der Waals surface area (Å²) < 4.78 is 3.44. The van der Waals surface area contributed by atoms with E-state index in [2.05, 4.69) is 136 Å². The summed E-state index contributed by atoms with van der Waals surface area (Å²) in [4.78, 5) is 56.0. The molecule has 0 unspecified atom stereocenters. The number of nitrogens with zero attached hydrogens (tertiary/aromatic N) is 6. The lowest BCUT2D eigenvalue weighted by Gasteiger charge is -2.21. The Bertz CT molecular complexity index is 5620. The molecule has 4 heterocycles. The molecule has 0 aliphatic rings. The van der Waals surface area contributed by atoms with Crippen molar-refractivity contribution in [3.05, 3.63) is 145 Å². The van der Waals surface area contributed by atoms with Crippen LogP contribution in [0.4, 0.5) is 5.69 Å². The highest BCUT2D eigenvalue weighted by Gasteiger charge is 2.27. The number of nitro benzene ring substituents is 1. The van der Waals surface area contributed by atoms with Gasteiger partial charge in [-0.05, 0) is 151 Å². The van der Waals surface area contributed by atoms with Gasteiger partial charge in [0.1, 0.15) is 16.9 Å². The molecule has 0 N–H and O–H groups in total. The van der Waals surface area contributed by atoms with Gasteiger partial charge in [0.15, 0.2) is 0 Å². The molecule has 0 aliphatic carbocycles. The van der Waals surface area contributed by atoms with Gasteiger partial charge in [0.2, 0.25) is 0 Å². The van der Waals surface area contributed by atoms with E-state index in [0.29, 0.717) is 44.6 Å². The van der Waals surface area contributed by atoms with Gasteiger partial charge < -0.3 is 4.90 Å². The minimum Gasteiger partial charge on any atom is -0.332 e. The maximum atomic E-state index is 15.3. The molecular formula is C100H120N6O4. The number of hydrogen-bond acceptors (Lipinski definition) is 7. The molecule has 0 spiro atoms. The normalized spacial score (nSPS) is 12.3. The van der Waals surface area contributed by atoms with Crippen molar-refractivity contribution >= 4 is 136 Å². The third kappa shape index (κ3) is 16.7. The SMILES string of the molecule is CCCCCCCCCCCCC(C#Cc1cc2nc3c4ccc5c6ccc7c8ccc9c(=O)n%10c%11cc([N+](=O)[O-])c(C#CN(CCCCCCCCCCCC)CCCCCCCCCCCC)cc%11nc%10c%10ccc(c%11ccc(c%12ccc(c(=O)n3c2cc1C)c4c5%12)c6c7%11)c8c9%10)CCCCCCCCCCCC. The molecule has 10 heteroatoms. The molecule has 4 aromatic heterocycles. The molecule has 10 aromatic carbocycles. The number of pyridine rings is 2. The highest BCUT2D eigenvalue weighted by Crippen LogP contribution is 2.50. The standard InChI is InChI=1S/C100H120N6O4/c1-6-10-14-18-22-26-30-34-38-42-46-71(47-43-39-35-31-27-23-19-15-11-7-2)48-49-72-67-86-89(66-70(72)5)104-97(101-86)82-58-54-78-74-50-53-77-81-57-61-85-96-83(59-55-79(94(81)96)75-51-52-76(91(74)92(75)77)80-56-60-84(99(104)107)95(82)93(78)80)98-102-87-68-73(88(106(109)110)69-90(87)105(98)100(85)108)62-65-103(63-44-40-36-32-28-24-20-16-12-8-3)64-45-41-37-33-29-25-21-17-13-9-4/h50-61,66-69,71H,6-47,63-64H2,1-5H3. The minimum absolute atomic E-state index is 0.0615. The lowest BCUT2D eigenvalue weighted by molar-refractivity contribution is -0.385. The molecule has 0 atom stereocenters. The Morgan fingerprint density at radius 2 is 0.655 bits per heavy atom. The predicted octanol–water partition coefficient (Wildman–Crippen LogP) is 28.4. The van der Waals surface area contributed by atoms with Gasteiger partial charge in [-0.1, -0.05) is 332 Å². The van der Waals surface area contributed by atoms with E-state index in [-0.39, 0.29) is 21.7 Å². The molecule has 0 fully saturated rings. The van der Waals surface area contributed by atoms with Crippen LogP contribution in [0.25, 0.3) is 130 Å². The van der Waals surface area contributed by atoms with Crippen molar-refractivity contribution in [1.82, 2.24) is 23.7 Å². The van der Waals surface area contributed by atoms with Crippen LogP contribution in [0.15, 0.2) is 107 Å². The number of benzene rings is 10. The number of rotatable bonds is 45. The molecule has 110 heavy (non-hydrogen) atoms. The van der Waals surface area contributed by atoms with E-state index in [1.54, 1.807) is 10.5 Å². The predicted molar refractivity (Wildman–Crippen MR) is 471 cm³/mol. The summed E-state index contributed by atoms with van der Waals surface area (Å²) in [6.07, 6.45) is 54.2. The first kappa shape index (κ1) is 77.9. The zero-order valence-corrected chi connectivity index (χ0v) is 67.2. The van der Waals surface area contributed by atoms with Crippen LogP contribution in [0, 0.1) is 46.8 Å². The number of hydrogen-bond donors (Lipinski definition) is 0. The lowest BCUT2D eigenvalue weighted by atomic mass is 9.82. The molecule has 0 amide bonds. The Labute approximate surface area is 652 Å². The number of unbranched alkanes of at least 4 members (excludes halogenated alkanes) is 36. The first-order chi connectivity index (χ1) is 54.1. The molecule has 0 radical (unpaired) electrons. The Hall–Kier alpha value is -8.86. The molecular weight excluding hydrogens is 1350 g/mol. The second kappa shape index (κ2) is 37.4. The van der Waals surface area contributed by atoms with Crippen molar-refractivity contribution in [3.8, 4) is 23.8 Å². The molecule has 0 saturated heterocycles. The quantitative estimate of drug-likeness (QED) is 0.00710. The van der Waals surface area contributed by atoms with Crippen molar-refractivity contribution in [3.63, 3.8) is 0 Å². The van der Waals surface area contributed by atoms with Gasteiger partial charge in [-0.2, -0.15) is 0 Å². The van der Waals surface area contributed by atoms with Crippen molar-refractivity contribution in [1.29, 1.82) is 0 Å². The molecule has 0 saturated carbocycles. The number of aryl methyl sites for hydroxylation is 1. The lowest BCUT2D eigenvalue weighted by Crippen LogP contribution is -2.20. The van der Waals surface area contributed by atoms with E-state index < -0.39 is 0 Å². The Balaban J connectivity index is 0.761. The minimum atomic E-state index is -0.361. The van der Waals surface area contributed by atoms with Gasteiger partial charge in [0, 0.05) is 69.0 Å². The monoisotopic (exact) mass is 1470 g/mol. The first-order valence-corrected chi connectivity index (χ1v) is 44.0. The fourth-order valence-electron chi connectivity index (χ4n) is 18.9. The molecule has 574 valence electrons. The van der Waals surface area contributed by atoms with Gasteiger partial charge in [-0.15, -0.1) is 0 Å². The average Bonchev–Trinajstić information content (AvgIpc) is 0.975. The van der Waals surface area contributed by atoms with Crippen LogP contribution < -0.4 is 11.1 Å². The maximum Gasteiger partial charge on any atom is 0.287 e. The summed E-state index contributed by atoms with van der Waals surface area (Å²) in [5.74, 6) is 11.2. The number of nitro groups is 1. The molecule has 14 aromatic rings. The summed E-state index contributed by atoms with van der Waals surface area (Å²) in [5, 5.41) is 31.0. The summed E-state index contributed by atoms with van der Waals surface area (Å²) in [5.41, 5.74) is 5.59. The Morgan fingerprint density at radius 1 is 0.364 bits per heavy atom. The highest BCUT2D eigenvalue weighted by atomic mass is 16.6. The summed E-state index contributed by atoms with van der Waals surface area (Å²) in [6.45, 7) is 12.9. The smallest absolute Gasteiger partial charge is 0.287 e. The Kier molecular flexibility index (Phi) is 26.5. The topological polar surface area (TPSA) is 115 Å². The van der Waals surface area contributed by atoms with Gasteiger partial charge in [0.25, 0.3) is 16.8 Å². The van der Waals surface area contributed by atoms with Crippen molar-refractivity contribution in [2.45, 2.75) is 304 Å². The van der Waals surface area contributed by atoms with Gasteiger partial charge in [0.05, 0.1) is 27.0 Å². The largest absolute Gasteiger partial charge is 0.332 e. The van der Waals surface area contributed by atoms with Crippen LogP contribution in [0.3, 0.4) is 0 Å². The van der Waals surface area contributed by atoms with Gasteiger partial charge in [-0.25, -0.2) is 9.97 Å². The van der Waals surface area contributed by atoms with E-state index in [4.69, 9.17) is 9.97 Å². The van der Waals surface area contributed by atoms with Crippen LogP contribution in [0.5, 0.6) is 0 Å². The van der Waals surface area contributed by atoms with Crippen LogP contribution in [0.1, 0.15) is 314 Å². The van der Waals surface area contributed by atoms with Crippen LogP contribution in [-0.4, -0.2) is 41.7 Å². The van der Waals surface area contributed by atoms with Crippen molar-refractivity contribution in [2.75, 3.05) is 13.1 Å². The summed E-state index contributed by atoms with van der Waals surface area (Å²) in [6, 6.07) is 37.0. The summed E-state index contributed by atoms with van der Waals surface area (Å²) >= 11 is 0. The fourth-order valence-corrected chi connectivity index (χ4v) is 18.9. The highest BCUT2D eigenvalue weighted by molar-refractivity contribution is 6.45. The Morgan fingerprint density at radius 3 is 1.00 bits per heavy atom. The van der Waals surface area contributed by atoms with E-state index >= 15 is 9.59 Å². The first-order valence-electron chi connectivity index (χ1n) is 44.0. The van der Waals surface area contributed by atoms with Gasteiger partial charge >= 0.3 is 0 Å². The zero-order valence-electron chi connectivity index (χ0n) is 67.2. The molecule has 0 bridgehead atoms. The van der Waals surface area contributed by atoms with Crippen LogP contribution >= 0.6 is 0 Å². The number of imidazole rings is 2. The van der Waals surface area contributed by atoms with Crippen LogP contribution in [0.2, 0.25) is 0 Å². The fraction of sp³-hybridized carbons (Fsp3) is 0.500. The van der Waals surface area contributed by atoms with E-state index in [9.17, 15) is 10.1 Å². The van der Waals surface area contributed by atoms with E-state index in [1.165, 1.54) is 243 Å². The molecule has 10 nitrogen and oxygen atoms in total. The van der Waals surface area contributed by atoms with E-state index in [0.717, 1.165) is 155 Å². The zero-order chi connectivity index (χ0) is 75.9. The third-order valence-electron chi connectivity index (χ3n) is 25.1. The number of aromatic nitrogens is 4. The molecule has 0 aliphatic heterocycles. The second-order valence-corrected chi connectivity index (χ2v) is 33.1.